The predicted molar refractivity (Wildman–Crippen MR) is 216 cm³/mol. The van der Waals surface area contributed by atoms with Gasteiger partial charge in [0.05, 0.1) is 29.3 Å². The molecule has 1 amide bonds. The number of hydrogen-bond donors (Lipinski definition) is 2. The number of halogens is 1. The Morgan fingerprint density at radius 3 is 2.35 bits per heavy atom. The molecule has 3 fully saturated rings. The largest absolute Gasteiger partial charge is 0.456 e. The van der Waals surface area contributed by atoms with Crippen LogP contribution in [-0.2, 0) is 42.9 Å². The highest BCUT2D eigenvalue weighted by Gasteiger charge is 2.56. The van der Waals surface area contributed by atoms with Gasteiger partial charge in [0.2, 0.25) is 5.79 Å². The Hall–Kier alpha value is -2.45. The number of fused-ring (bicyclic) bond motifs is 3. The van der Waals surface area contributed by atoms with E-state index in [0.29, 0.717) is 50.5 Å². The molecule has 4 aliphatic rings. The van der Waals surface area contributed by atoms with Gasteiger partial charge in [-0.3, -0.25) is 14.4 Å². The van der Waals surface area contributed by atoms with Crippen LogP contribution in [0.2, 0.25) is 0 Å². The molecule has 2 bridgehead atoms. The quantitative estimate of drug-likeness (QED) is 0.134. The van der Waals surface area contributed by atoms with Crippen molar-refractivity contribution in [2.45, 2.75) is 165 Å². The van der Waals surface area contributed by atoms with Gasteiger partial charge in [-0.15, -0.1) is 18.2 Å². The van der Waals surface area contributed by atoms with Crippen LogP contribution in [0, 0.1) is 23.7 Å². The molecule has 13 heteroatoms. The molecule has 12 nitrogen and oxygen atoms in total. The zero-order valence-corrected chi connectivity index (χ0v) is 36.1. The number of carbonyl (C=O) groups excluding carboxylic acids is 4. The van der Waals surface area contributed by atoms with Crippen molar-refractivity contribution in [1.82, 2.24) is 4.90 Å². The van der Waals surface area contributed by atoms with Crippen LogP contribution in [0.4, 0.5) is 0 Å². The maximum atomic E-state index is 14.3. The summed E-state index contributed by atoms with van der Waals surface area (Å²) in [7, 11) is 4.71. The highest BCUT2D eigenvalue weighted by atomic mass is 35.5. The molecular formula is C44H68ClNO11. The Morgan fingerprint density at radius 2 is 1.70 bits per heavy atom. The molecule has 0 spiro atoms. The number of esters is 1. The molecule has 2 saturated heterocycles. The second kappa shape index (κ2) is 20.7. The minimum atomic E-state index is -2.51. The molecule has 13 unspecified atom stereocenters. The molecular weight excluding hydrogens is 754 g/mol. The van der Waals surface area contributed by atoms with Crippen LogP contribution in [0.5, 0.6) is 0 Å². The normalized spacial score (nSPS) is 41.0. The fraction of sp³-hybridized carbons (Fsp3) is 0.773. The Balaban J connectivity index is 1.80. The minimum absolute atomic E-state index is 0.0117. The number of carbonyl (C=O) groups is 4. The van der Waals surface area contributed by atoms with Gasteiger partial charge >= 0.3 is 5.97 Å². The van der Waals surface area contributed by atoms with E-state index in [4.69, 9.17) is 35.3 Å². The lowest BCUT2D eigenvalue weighted by molar-refractivity contribution is -0.302. The van der Waals surface area contributed by atoms with Gasteiger partial charge in [0.15, 0.2) is 0 Å². The molecule has 2 N–H and O–H groups in total. The number of methoxy groups -OCH3 is 3. The molecule has 1 aliphatic carbocycles. The summed E-state index contributed by atoms with van der Waals surface area (Å²) in [5.74, 6) is -7.77. The van der Waals surface area contributed by atoms with E-state index in [0.717, 1.165) is 18.4 Å². The van der Waals surface area contributed by atoms with Crippen molar-refractivity contribution in [2.75, 3.05) is 27.9 Å². The molecule has 0 aromatic heterocycles. The topological polar surface area (TPSA) is 158 Å². The molecule has 1 saturated carbocycles. The van der Waals surface area contributed by atoms with Crippen molar-refractivity contribution in [3.63, 3.8) is 0 Å². The number of nitrogens with zero attached hydrogens (tertiary/aromatic N) is 1. The first-order valence-electron chi connectivity index (χ1n) is 20.8. The number of rotatable bonds is 7. The van der Waals surface area contributed by atoms with E-state index in [9.17, 15) is 29.4 Å². The first-order valence-corrected chi connectivity index (χ1v) is 21.2. The van der Waals surface area contributed by atoms with Crippen molar-refractivity contribution < 1.29 is 53.1 Å². The number of amides is 1. The molecule has 322 valence electrons. The maximum Gasteiger partial charge on any atom is 0.329 e. The van der Waals surface area contributed by atoms with Crippen molar-refractivity contribution in [2.24, 2.45) is 23.7 Å². The number of aliphatic hydroxyl groups excluding tert-OH is 1. The van der Waals surface area contributed by atoms with Crippen molar-refractivity contribution in [3.05, 3.63) is 36.0 Å². The van der Waals surface area contributed by atoms with Gasteiger partial charge in [0.1, 0.15) is 24.0 Å². The summed E-state index contributed by atoms with van der Waals surface area (Å²) in [6.07, 6.45) is 6.85. The van der Waals surface area contributed by atoms with Crippen LogP contribution in [0.3, 0.4) is 0 Å². The molecule has 3 aliphatic heterocycles. The summed E-state index contributed by atoms with van der Waals surface area (Å²) in [6.45, 7) is 13.1. The third-order valence-corrected chi connectivity index (χ3v) is 13.2. The lowest BCUT2D eigenvalue weighted by Gasteiger charge is -2.47. The standard InChI is InChI=1S/C44H68ClNO11/c1-10-14-31-20-26(2)19-27(3)21-36(54-8)39-37(55-9)22-29(5)44(52,57-39)40(49)41(50)46-18-12-11-16-33(46)42(51)56-38(30(6)34(47)23-35(31)48)28(4)24-43(45)17-13-15-32(25-43)53-7/h10,20,24,27,29-34,36-39,47,52H,1,11-19,21-23,25H2,2-9H3/b26-20+,28-24?. The predicted octanol–water partition coefficient (Wildman–Crippen LogP) is 6.03. The zero-order valence-electron chi connectivity index (χ0n) is 35.4. The number of allylic oxidation sites excluding steroid dienone is 4. The van der Waals surface area contributed by atoms with Crippen molar-refractivity contribution >= 4 is 35.0 Å². The first kappa shape index (κ1) is 47.2. The lowest BCUT2D eigenvalue weighted by atomic mass is 9.81. The summed E-state index contributed by atoms with van der Waals surface area (Å²) in [4.78, 5) is 57.1. The number of aliphatic hydroxyl groups is 2. The number of ketones is 2. The number of alkyl halides is 1. The number of piperidine rings is 1. The average Bonchev–Trinajstić information content (AvgIpc) is 3.18. The molecule has 13 atom stereocenters. The summed E-state index contributed by atoms with van der Waals surface area (Å²) in [5, 5.41) is 23.8. The van der Waals surface area contributed by atoms with Crippen LogP contribution in [0.1, 0.15) is 112 Å². The van der Waals surface area contributed by atoms with Gasteiger partial charge in [-0.1, -0.05) is 44.6 Å². The fourth-order valence-electron chi connectivity index (χ4n) is 9.44. The molecule has 0 aromatic carbocycles. The zero-order chi connectivity index (χ0) is 42.2. The van der Waals surface area contributed by atoms with Crippen molar-refractivity contribution in [1.29, 1.82) is 0 Å². The van der Waals surface area contributed by atoms with Crippen LogP contribution >= 0.6 is 11.6 Å². The number of Topliss-reactive ketones (excluding diaryl/α,β-unsaturated/α-hetero) is 2. The van der Waals surface area contributed by atoms with E-state index in [-0.39, 0.29) is 43.6 Å². The molecule has 57 heavy (non-hydrogen) atoms. The average molecular weight is 822 g/mol. The molecule has 4 rings (SSSR count). The van der Waals surface area contributed by atoms with E-state index in [1.807, 2.05) is 26.0 Å². The van der Waals surface area contributed by atoms with Gasteiger partial charge in [0, 0.05) is 52.0 Å². The summed E-state index contributed by atoms with van der Waals surface area (Å²) in [6, 6.07) is -1.15. The lowest BCUT2D eigenvalue weighted by Crippen LogP contribution is -2.64. The second-order valence-corrected chi connectivity index (χ2v) is 18.1. The first-order chi connectivity index (χ1) is 26.9. The van der Waals surface area contributed by atoms with E-state index in [1.165, 1.54) is 19.1 Å². The summed E-state index contributed by atoms with van der Waals surface area (Å²) in [5.41, 5.74) is 1.55. The Morgan fingerprint density at radius 1 is 1.02 bits per heavy atom. The van der Waals surface area contributed by atoms with Crippen molar-refractivity contribution in [3.8, 4) is 0 Å². The Bertz CT molecular complexity index is 1500. The van der Waals surface area contributed by atoms with E-state index >= 15 is 0 Å². The molecule has 0 aromatic rings. The van der Waals surface area contributed by atoms with Gasteiger partial charge in [-0.05, 0) is 96.0 Å². The number of ether oxygens (including phenoxy) is 5. The Labute approximate surface area is 344 Å². The minimum Gasteiger partial charge on any atom is -0.456 e. The maximum absolute atomic E-state index is 14.3. The molecule has 0 radical (unpaired) electrons. The van der Waals surface area contributed by atoms with Gasteiger partial charge in [-0.2, -0.15) is 0 Å². The monoisotopic (exact) mass is 821 g/mol. The highest BCUT2D eigenvalue weighted by Crippen LogP contribution is 2.41. The van der Waals surface area contributed by atoms with Gasteiger partial charge < -0.3 is 38.8 Å². The van der Waals surface area contributed by atoms with E-state index < -0.39 is 82.6 Å². The third-order valence-electron chi connectivity index (χ3n) is 12.8. The second-order valence-electron chi connectivity index (χ2n) is 17.3. The highest BCUT2D eigenvalue weighted by molar-refractivity contribution is 6.39. The van der Waals surface area contributed by atoms with Crippen LogP contribution in [-0.4, -0.2) is 120 Å². The van der Waals surface area contributed by atoms with Gasteiger partial charge in [-0.25, -0.2) is 4.79 Å². The van der Waals surface area contributed by atoms with Crippen LogP contribution in [0.25, 0.3) is 0 Å². The summed E-state index contributed by atoms with van der Waals surface area (Å²) < 4.78 is 29.9. The smallest absolute Gasteiger partial charge is 0.329 e. The summed E-state index contributed by atoms with van der Waals surface area (Å²) >= 11 is 7.18. The number of cyclic esters (lactones) is 1. The molecule has 3 heterocycles. The Kier molecular flexibility index (Phi) is 17.1. The van der Waals surface area contributed by atoms with Crippen LogP contribution < -0.4 is 0 Å². The number of hydrogen-bond acceptors (Lipinski definition) is 11. The van der Waals surface area contributed by atoms with Gasteiger partial charge in [0.25, 0.3) is 11.7 Å². The van der Waals surface area contributed by atoms with E-state index in [1.54, 1.807) is 34.0 Å². The SMILES string of the molecule is C=CCC1/C=C(\C)CC(C)CC(OC)C2OC(O)(C(=O)C(=O)N3CCCCC3C(=O)OC(C(C)=CC3(Cl)CCCC(OC)C3)C(C)C(O)CC1=O)C(C)CC2OC. The van der Waals surface area contributed by atoms with Crippen LogP contribution in [0.15, 0.2) is 36.0 Å². The third kappa shape index (κ3) is 11.4. The van der Waals surface area contributed by atoms with E-state index in [2.05, 4.69) is 6.58 Å². The fourth-order valence-corrected chi connectivity index (χ4v) is 9.92.